The number of rotatable bonds is 6. The first kappa shape index (κ1) is 23.1. The number of carbonyl (C=O) groups excluding carboxylic acids is 2. The molecule has 1 saturated heterocycles. The molecule has 2 amide bonds. The van der Waals surface area contributed by atoms with Crippen molar-refractivity contribution in [3.05, 3.63) is 69.8 Å². The Bertz CT molecular complexity index is 1040. The molecule has 0 spiro atoms. The van der Waals surface area contributed by atoms with Crippen LogP contribution in [0.3, 0.4) is 0 Å². The number of amides is 2. The Labute approximate surface area is 186 Å². The number of hydrogen-bond donors (Lipinski definition) is 1. The smallest absolute Gasteiger partial charge is 0.285 e. The van der Waals surface area contributed by atoms with Crippen molar-refractivity contribution in [3.63, 3.8) is 0 Å². The lowest BCUT2D eigenvalue weighted by Crippen LogP contribution is -2.50. The molecule has 3 rings (SSSR count). The predicted molar refractivity (Wildman–Crippen MR) is 121 cm³/mol. The molecule has 8 nitrogen and oxygen atoms in total. The zero-order valence-electron chi connectivity index (χ0n) is 18.2. The number of nitro groups is 1. The SMILES string of the molecule is CC(C)c1ccccc1-c1c([N+](=O)[O-])[c]ccc1/C=C/C(=O)N1CCN(C(=O)CO)CC1. The summed E-state index contributed by atoms with van der Waals surface area (Å²) in [7, 11) is 0. The van der Waals surface area contributed by atoms with Gasteiger partial charge in [0.1, 0.15) is 6.61 Å². The average Bonchev–Trinajstić information content (AvgIpc) is 2.81. The van der Waals surface area contributed by atoms with Crippen LogP contribution in [0.5, 0.6) is 0 Å². The standard InChI is InChI=1S/C24H26N3O5/c1-17(2)19-7-3-4-8-20(19)24-18(6-5-9-21(24)27(31)32)10-11-22(29)25-12-14-26(15-13-25)23(30)16-28/h3-8,10-11,17,28H,12-16H2,1-2H3/b11-10+. The van der Waals surface area contributed by atoms with Gasteiger partial charge in [0, 0.05) is 32.3 Å². The van der Waals surface area contributed by atoms with E-state index in [1.807, 2.05) is 38.1 Å². The zero-order valence-corrected chi connectivity index (χ0v) is 18.2. The fourth-order valence-corrected chi connectivity index (χ4v) is 3.84. The summed E-state index contributed by atoms with van der Waals surface area (Å²) in [5, 5.41) is 20.7. The summed E-state index contributed by atoms with van der Waals surface area (Å²) in [5.41, 5.74) is 2.58. The minimum absolute atomic E-state index is 0.135. The first-order valence-corrected chi connectivity index (χ1v) is 10.5. The summed E-state index contributed by atoms with van der Waals surface area (Å²) in [6.45, 7) is 4.95. The molecule has 1 radical (unpaired) electrons. The topological polar surface area (TPSA) is 104 Å². The van der Waals surface area contributed by atoms with Crippen LogP contribution in [0.25, 0.3) is 17.2 Å². The third-order valence-corrected chi connectivity index (χ3v) is 5.53. The highest BCUT2D eigenvalue weighted by atomic mass is 16.6. The highest BCUT2D eigenvalue weighted by Crippen LogP contribution is 2.38. The van der Waals surface area contributed by atoms with Gasteiger partial charge in [-0.15, -0.1) is 0 Å². The fourth-order valence-electron chi connectivity index (χ4n) is 3.84. The van der Waals surface area contributed by atoms with Crippen molar-refractivity contribution < 1.29 is 19.6 Å². The summed E-state index contributed by atoms with van der Waals surface area (Å²) in [5.74, 6) is -0.434. The molecule has 1 aliphatic heterocycles. The van der Waals surface area contributed by atoms with Gasteiger partial charge in [-0.2, -0.15) is 0 Å². The van der Waals surface area contributed by atoms with Crippen molar-refractivity contribution in [3.8, 4) is 11.1 Å². The first-order valence-electron chi connectivity index (χ1n) is 10.5. The normalized spacial score (nSPS) is 14.2. The van der Waals surface area contributed by atoms with Crippen LogP contribution in [0.1, 0.15) is 30.9 Å². The fraction of sp³-hybridized carbons (Fsp3) is 0.333. The molecule has 1 heterocycles. The van der Waals surface area contributed by atoms with E-state index in [1.165, 1.54) is 17.0 Å². The van der Waals surface area contributed by atoms with Crippen LogP contribution in [-0.2, 0) is 9.59 Å². The molecule has 2 aromatic rings. The van der Waals surface area contributed by atoms with Gasteiger partial charge in [0.25, 0.3) is 5.69 Å². The molecule has 0 aromatic heterocycles. The number of aliphatic hydroxyl groups excluding tert-OH is 1. The third-order valence-electron chi connectivity index (χ3n) is 5.53. The summed E-state index contributed by atoms with van der Waals surface area (Å²) in [6, 6.07) is 13.5. The second-order valence-electron chi connectivity index (χ2n) is 7.85. The maximum atomic E-state index is 12.7. The van der Waals surface area contributed by atoms with Gasteiger partial charge < -0.3 is 14.9 Å². The van der Waals surface area contributed by atoms with E-state index >= 15 is 0 Å². The Morgan fingerprint density at radius 2 is 1.81 bits per heavy atom. The number of nitrogens with zero attached hydrogens (tertiary/aromatic N) is 3. The second kappa shape index (κ2) is 10.2. The Morgan fingerprint density at radius 3 is 2.44 bits per heavy atom. The van der Waals surface area contributed by atoms with Crippen molar-refractivity contribution in [2.24, 2.45) is 0 Å². The zero-order chi connectivity index (χ0) is 23.3. The Morgan fingerprint density at radius 1 is 1.16 bits per heavy atom. The van der Waals surface area contributed by atoms with Crippen LogP contribution < -0.4 is 0 Å². The predicted octanol–water partition coefficient (Wildman–Crippen LogP) is 2.86. The van der Waals surface area contributed by atoms with E-state index in [0.717, 1.165) is 11.1 Å². The molecule has 8 heteroatoms. The Kier molecular flexibility index (Phi) is 7.37. The van der Waals surface area contributed by atoms with Gasteiger partial charge in [0.05, 0.1) is 16.6 Å². The molecular weight excluding hydrogens is 410 g/mol. The lowest BCUT2D eigenvalue weighted by atomic mass is 9.89. The van der Waals surface area contributed by atoms with Crippen molar-refractivity contribution in [1.82, 2.24) is 9.80 Å². The molecule has 1 fully saturated rings. The second-order valence-corrected chi connectivity index (χ2v) is 7.85. The lowest BCUT2D eigenvalue weighted by molar-refractivity contribution is -0.384. The van der Waals surface area contributed by atoms with Gasteiger partial charge in [-0.05, 0) is 34.8 Å². The van der Waals surface area contributed by atoms with Crippen LogP contribution in [0.4, 0.5) is 5.69 Å². The van der Waals surface area contributed by atoms with Crippen LogP contribution in [-0.4, -0.2) is 64.4 Å². The summed E-state index contributed by atoms with van der Waals surface area (Å²) >= 11 is 0. The Balaban J connectivity index is 1.90. The number of piperazine rings is 1. The summed E-state index contributed by atoms with van der Waals surface area (Å²) < 4.78 is 0. The maximum absolute atomic E-state index is 12.7. The van der Waals surface area contributed by atoms with Crippen LogP contribution in [0.15, 0.2) is 42.5 Å². The molecule has 32 heavy (non-hydrogen) atoms. The van der Waals surface area contributed by atoms with Gasteiger partial charge in [0.2, 0.25) is 11.8 Å². The molecule has 0 saturated carbocycles. The number of nitro benzene ring substituents is 1. The first-order chi connectivity index (χ1) is 15.3. The molecule has 0 unspecified atom stereocenters. The molecular formula is C24H26N3O5. The Hall–Kier alpha value is -3.52. The van der Waals surface area contributed by atoms with Gasteiger partial charge in [-0.1, -0.05) is 44.2 Å². The molecule has 167 valence electrons. The van der Waals surface area contributed by atoms with E-state index in [1.54, 1.807) is 17.0 Å². The van der Waals surface area contributed by atoms with Crippen molar-refractivity contribution in [2.45, 2.75) is 19.8 Å². The highest BCUT2D eigenvalue weighted by molar-refractivity contribution is 5.94. The largest absolute Gasteiger partial charge is 0.387 e. The average molecular weight is 436 g/mol. The number of aliphatic hydroxyl groups is 1. The highest BCUT2D eigenvalue weighted by Gasteiger charge is 2.24. The molecule has 0 bridgehead atoms. The van der Waals surface area contributed by atoms with E-state index in [4.69, 9.17) is 5.11 Å². The van der Waals surface area contributed by atoms with E-state index in [2.05, 4.69) is 6.07 Å². The van der Waals surface area contributed by atoms with E-state index < -0.39 is 11.5 Å². The minimum atomic E-state index is -0.543. The van der Waals surface area contributed by atoms with Gasteiger partial charge in [-0.25, -0.2) is 0 Å². The summed E-state index contributed by atoms with van der Waals surface area (Å²) in [4.78, 5) is 38.7. The molecule has 0 aliphatic carbocycles. The summed E-state index contributed by atoms with van der Waals surface area (Å²) in [6.07, 6.45) is 3.00. The molecule has 0 atom stereocenters. The van der Waals surface area contributed by atoms with E-state index in [-0.39, 0.29) is 23.4 Å². The monoisotopic (exact) mass is 436 g/mol. The molecule has 1 N–H and O–H groups in total. The lowest BCUT2D eigenvalue weighted by Gasteiger charge is -2.33. The van der Waals surface area contributed by atoms with E-state index in [9.17, 15) is 19.7 Å². The van der Waals surface area contributed by atoms with Crippen molar-refractivity contribution in [2.75, 3.05) is 32.8 Å². The molecule has 1 aliphatic rings. The van der Waals surface area contributed by atoms with Crippen LogP contribution in [0.2, 0.25) is 0 Å². The van der Waals surface area contributed by atoms with Crippen molar-refractivity contribution in [1.29, 1.82) is 0 Å². The quantitative estimate of drug-likeness (QED) is 0.426. The number of hydrogen-bond acceptors (Lipinski definition) is 5. The maximum Gasteiger partial charge on any atom is 0.285 e. The number of carbonyl (C=O) groups is 2. The van der Waals surface area contributed by atoms with Gasteiger partial charge in [-0.3, -0.25) is 19.7 Å². The van der Waals surface area contributed by atoms with Crippen LogP contribution >= 0.6 is 0 Å². The third kappa shape index (κ3) is 5.03. The van der Waals surface area contributed by atoms with E-state index in [0.29, 0.717) is 37.3 Å². The van der Waals surface area contributed by atoms with Crippen molar-refractivity contribution >= 4 is 23.6 Å². The van der Waals surface area contributed by atoms with Crippen LogP contribution in [0, 0.1) is 16.2 Å². The minimum Gasteiger partial charge on any atom is -0.387 e. The molecule has 2 aromatic carbocycles. The van der Waals surface area contributed by atoms with Gasteiger partial charge >= 0.3 is 0 Å². The van der Waals surface area contributed by atoms with Gasteiger partial charge in [0.15, 0.2) is 0 Å². The number of benzene rings is 2.